The molecule has 0 atom stereocenters. The van der Waals surface area contributed by atoms with Gasteiger partial charge in [0.1, 0.15) is 5.82 Å². The van der Waals surface area contributed by atoms with Gasteiger partial charge in [-0.3, -0.25) is 4.79 Å². The van der Waals surface area contributed by atoms with E-state index in [-0.39, 0.29) is 23.7 Å². The van der Waals surface area contributed by atoms with Crippen LogP contribution in [0, 0.1) is 11.6 Å². The summed E-state index contributed by atoms with van der Waals surface area (Å²) in [5.74, 6) is -1.53. The highest BCUT2D eigenvalue weighted by molar-refractivity contribution is 5.95. The van der Waals surface area contributed by atoms with Crippen LogP contribution in [0.3, 0.4) is 0 Å². The first-order chi connectivity index (χ1) is 10.1. The molecule has 0 bridgehead atoms. The molecule has 1 amide bonds. The molecule has 0 aliphatic rings. The van der Waals surface area contributed by atoms with E-state index in [0.717, 1.165) is 5.56 Å². The Bertz CT molecular complexity index is 629. The smallest absolute Gasteiger partial charge is 0.254 e. The van der Waals surface area contributed by atoms with Crippen LogP contribution in [0.4, 0.5) is 14.6 Å². The molecule has 0 fully saturated rings. The number of amides is 1. The maximum absolute atomic E-state index is 14.1. The van der Waals surface area contributed by atoms with E-state index in [2.05, 4.69) is 15.6 Å². The van der Waals surface area contributed by atoms with Crippen molar-refractivity contribution in [2.75, 3.05) is 11.9 Å². The van der Waals surface area contributed by atoms with Crippen molar-refractivity contribution in [3.05, 3.63) is 59.3 Å². The highest BCUT2D eigenvalue weighted by atomic mass is 19.1. The van der Waals surface area contributed by atoms with Crippen LogP contribution in [0.2, 0.25) is 0 Å². The van der Waals surface area contributed by atoms with E-state index in [1.165, 1.54) is 24.4 Å². The van der Waals surface area contributed by atoms with Gasteiger partial charge in [-0.2, -0.15) is 0 Å². The van der Waals surface area contributed by atoms with Crippen molar-refractivity contribution in [2.45, 2.75) is 13.5 Å². The van der Waals surface area contributed by atoms with Gasteiger partial charge in [-0.15, -0.1) is 0 Å². The number of carbonyl (C=O) groups is 1. The summed E-state index contributed by atoms with van der Waals surface area (Å²) in [6.07, 6.45) is 1.37. The molecule has 0 saturated heterocycles. The van der Waals surface area contributed by atoms with Gasteiger partial charge in [0.2, 0.25) is 0 Å². The first kappa shape index (κ1) is 14.9. The summed E-state index contributed by atoms with van der Waals surface area (Å²) in [7, 11) is 0. The van der Waals surface area contributed by atoms with Crippen molar-refractivity contribution in [1.29, 1.82) is 0 Å². The SMILES string of the molecule is CCNc1nccc(C(=O)NCc2ccc(F)cc2)c1F. The van der Waals surface area contributed by atoms with Crippen LogP contribution in [-0.2, 0) is 6.54 Å². The quantitative estimate of drug-likeness (QED) is 0.890. The molecule has 1 aromatic heterocycles. The molecule has 0 unspecified atom stereocenters. The number of hydrogen-bond acceptors (Lipinski definition) is 3. The van der Waals surface area contributed by atoms with Crippen molar-refractivity contribution >= 4 is 11.7 Å². The number of carbonyl (C=O) groups excluding carboxylic acids is 1. The molecule has 6 heteroatoms. The van der Waals surface area contributed by atoms with Crippen LogP contribution < -0.4 is 10.6 Å². The molecule has 0 spiro atoms. The van der Waals surface area contributed by atoms with Crippen LogP contribution in [0.25, 0.3) is 0 Å². The second-order valence-electron chi connectivity index (χ2n) is 4.36. The number of nitrogens with zero attached hydrogens (tertiary/aromatic N) is 1. The van der Waals surface area contributed by atoms with E-state index in [0.29, 0.717) is 6.54 Å². The number of rotatable bonds is 5. The predicted molar refractivity (Wildman–Crippen MR) is 75.9 cm³/mol. The van der Waals surface area contributed by atoms with Crippen LogP contribution in [0.5, 0.6) is 0 Å². The fourth-order valence-corrected chi connectivity index (χ4v) is 1.79. The Morgan fingerprint density at radius 2 is 1.90 bits per heavy atom. The van der Waals surface area contributed by atoms with E-state index in [1.54, 1.807) is 12.1 Å². The van der Waals surface area contributed by atoms with E-state index in [1.807, 2.05) is 6.92 Å². The normalized spacial score (nSPS) is 10.2. The lowest BCUT2D eigenvalue weighted by Crippen LogP contribution is -2.24. The molecule has 1 aromatic carbocycles. The Morgan fingerprint density at radius 3 is 2.57 bits per heavy atom. The zero-order valence-electron chi connectivity index (χ0n) is 11.5. The van der Waals surface area contributed by atoms with Crippen molar-refractivity contribution in [3.63, 3.8) is 0 Å². The molecule has 0 aliphatic carbocycles. The Kier molecular flexibility index (Phi) is 4.81. The van der Waals surface area contributed by atoms with Gasteiger partial charge >= 0.3 is 0 Å². The van der Waals surface area contributed by atoms with Gasteiger partial charge in [-0.1, -0.05) is 12.1 Å². The van der Waals surface area contributed by atoms with Gasteiger partial charge in [0.15, 0.2) is 11.6 Å². The molecular formula is C15H15F2N3O. The summed E-state index contributed by atoms with van der Waals surface area (Å²) >= 11 is 0. The van der Waals surface area contributed by atoms with Crippen LogP contribution in [0.15, 0.2) is 36.5 Å². The minimum atomic E-state index is -0.684. The number of aromatic nitrogens is 1. The lowest BCUT2D eigenvalue weighted by atomic mass is 10.2. The van der Waals surface area contributed by atoms with Gasteiger partial charge in [0, 0.05) is 19.3 Å². The fourth-order valence-electron chi connectivity index (χ4n) is 1.79. The van der Waals surface area contributed by atoms with Gasteiger partial charge in [0.25, 0.3) is 5.91 Å². The number of nitrogens with one attached hydrogen (secondary N) is 2. The summed E-state index contributed by atoms with van der Waals surface area (Å²) in [6.45, 7) is 2.50. The lowest BCUT2D eigenvalue weighted by molar-refractivity contribution is 0.0947. The predicted octanol–water partition coefficient (Wildman–Crippen LogP) is 2.72. The van der Waals surface area contributed by atoms with E-state index < -0.39 is 11.7 Å². The number of benzene rings is 1. The van der Waals surface area contributed by atoms with Crippen molar-refractivity contribution in [3.8, 4) is 0 Å². The molecular weight excluding hydrogens is 276 g/mol. The molecule has 0 saturated carbocycles. The Morgan fingerprint density at radius 1 is 1.19 bits per heavy atom. The molecule has 21 heavy (non-hydrogen) atoms. The third kappa shape index (κ3) is 3.75. The Balaban J connectivity index is 2.06. The van der Waals surface area contributed by atoms with Crippen molar-refractivity contribution < 1.29 is 13.6 Å². The monoisotopic (exact) mass is 291 g/mol. The van der Waals surface area contributed by atoms with Gasteiger partial charge in [-0.25, -0.2) is 13.8 Å². The Hall–Kier alpha value is -2.50. The van der Waals surface area contributed by atoms with Gasteiger partial charge in [0.05, 0.1) is 5.56 Å². The number of halogens is 2. The van der Waals surface area contributed by atoms with Crippen LogP contribution in [0.1, 0.15) is 22.8 Å². The lowest BCUT2D eigenvalue weighted by Gasteiger charge is -2.09. The van der Waals surface area contributed by atoms with E-state index >= 15 is 0 Å². The molecule has 4 nitrogen and oxygen atoms in total. The van der Waals surface area contributed by atoms with Crippen molar-refractivity contribution in [1.82, 2.24) is 10.3 Å². The van der Waals surface area contributed by atoms with Gasteiger partial charge < -0.3 is 10.6 Å². The molecule has 2 N–H and O–H groups in total. The molecule has 2 rings (SSSR count). The first-order valence-corrected chi connectivity index (χ1v) is 6.53. The summed E-state index contributed by atoms with van der Waals surface area (Å²) < 4.78 is 26.8. The molecule has 0 radical (unpaired) electrons. The first-order valence-electron chi connectivity index (χ1n) is 6.53. The summed E-state index contributed by atoms with van der Waals surface area (Å²) in [4.78, 5) is 15.8. The second kappa shape index (κ2) is 6.78. The van der Waals surface area contributed by atoms with Crippen LogP contribution in [-0.4, -0.2) is 17.4 Å². The third-order valence-electron chi connectivity index (χ3n) is 2.84. The molecule has 2 aromatic rings. The standard InChI is InChI=1S/C15H15F2N3O/c1-2-18-14-13(17)12(7-8-19-14)15(21)20-9-10-3-5-11(16)6-4-10/h3-8H,2,9H2,1H3,(H,18,19)(H,20,21). The zero-order chi connectivity index (χ0) is 15.2. The zero-order valence-corrected chi connectivity index (χ0v) is 11.5. The minimum absolute atomic E-state index is 0.0481. The largest absolute Gasteiger partial charge is 0.368 e. The summed E-state index contributed by atoms with van der Waals surface area (Å²) in [6, 6.07) is 7.04. The average Bonchev–Trinajstić information content (AvgIpc) is 2.49. The average molecular weight is 291 g/mol. The minimum Gasteiger partial charge on any atom is -0.368 e. The highest BCUT2D eigenvalue weighted by Crippen LogP contribution is 2.15. The summed E-state index contributed by atoms with van der Waals surface area (Å²) in [5, 5.41) is 5.33. The Labute approximate surface area is 121 Å². The molecule has 0 aliphatic heterocycles. The molecule has 110 valence electrons. The van der Waals surface area contributed by atoms with E-state index in [4.69, 9.17) is 0 Å². The number of anilines is 1. The maximum Gasteiger partial charge on any atom is 0.254 e. The van der Waals surface area contributed by atoms with Crippen molar-refractivity contribution in [2.24, 2.45) is 0 Å². The fraction of sp³-hybridized carbons (Fsp3) is 0.200. The van der Waals surface area contributed by atoms with Crippen LogP contribution >= 0.6 is 0 Å². The van der Waals surface area contributed by atoms with E-state index in [9.17, 15) is 13.6 Å². The maximum atomic E-state index is 14.1. The van der Waals surface area contributed by atoms with Gasteiger partial charge in [-0.05, 0) is 30.7 Å². The third-order valence-corrected chi connectivity index (χ3v) is 2.84. The number of pyridine rings is 1. The second-order valence-corrected chi connectivity index (χ2v) is 4.36. The topological polar surface area (TPSA) is 54.0 Å². The number of hydrogen-bond donors (Lipinski definition) is 2. The summed E-state index contributed by atoms with van der Waals surface area (Å²) in [5.41, 5.74) is 0.647. The highest BCUT2D eigenvalue weighted by Gasteiger charge is 2.15. The molecule has 1 heterocycles.